The van der Waals surface area contributed by atoms with Gasteiger partial charge in [-0.15, -0.1) is 0 Å². The number of halogens is 1. The Hall–Kier alpha value is -1.51. The van der Waals surface area contributed by atoms with Crippen molar-refractivity contribution in [3.63, 3.8) is 0 Å². The zero-order valence-electron chi connectivity index (χ0n) is 10.1. The number of nitrogens with one attached hydrogen (secondary N) is 1. The van der Waals surface area contributed by atoms with Crippen LogP contribution in [0.2, 0.25) is 0 Å². The summed E-state index contributed by atoms with van der Waals surface area (Å²) in [5, 5.41) is 22.5. The Balaban J connectivity index is 2.76. The van der Waals surface area contributed by atoms with Crippen molar-refractivity contribution in [3.8, 4) is 0 Å². The lowest BCUT2D eigenvalue weighted by atomic mass is 10.2. The fourth-order valence-electron chi connectivity index (χ4n) is 1.36. The number of nitro groups is 1. The van der Waals surface area contributed by atoms with Gasteiger partial charge in [0.1, 0.15) is 0 Å². The number of nitro benzene ring substituents is 1. The first-order valence-corrected chi connectivity index (χ1v) is 6.14. The Kier molecular flexibility index (Phi) is 5.87. The fourth-order valence-corrected chi connectivity index (χ4v) is 1.78. The molecule has 0 saturated heterocycles. The molecule has 0 bridgehead atoms. The van der Waals surface area contributed by atoms with Crippen LogP contribution in [0.3, 0.4) is 0 Å². The standard InChI is InChI=1S/C11H13BrN2O5/c1-19-6-8(15)5-13-11(16)9-4-7(14(17)18)2-3-10(9)12/h2-4,8,15H,5-6H2,1H3,(H,13,16). The van der Waals surface area contributed by atoms with Crippen LogP contribution in [0.1, 0.15) is 10.4 Å². The average Bonchev–Trinajstić information content (AvgIpc) is 2.36. The molecular formula is C11H13BrN2O5. The summed E-state index contributed by atoms with van der Waals surface area (Å²) >= 11 is 3.15. The molecule has 0 fully saturated rings. The van der Waals surface area contributed by atoms with E-state index in [9.17, 15) is 20.0 Å². The Morgan fingerprint density at radius 3 is 2.89 bits per heavy atom. The Morgan fingerprint density at radius 2 is 2.32 bits per heavy atom. The fraction of sp³-hybridized carbons (Fsp3) is 0.364. The van der Waals surface area contributed by atoms with Gasteiger partial charge in [0.25, 0.3) is 11.6 Å². The van der Waals surface area contributed by atoms with E-state index < -0.39 is 16.9 Å². The minimum Gasteiger partial charge on any atom is -0.389 e. The number of rotatable bonds is 6. The van der Waals surface area contributed by atoms with Crippen LogP contribution in [0.25, 0.3) is 0 Å². The van der Waals surface area contributed by atoms with Gasteiger partial charge in [0, 0.05) is 30.3 Å². The highest BCUT2D eigenvalue weighted by molar-refractivity contribution is 9.10. The molecule has 0 aliphatic heterocycles. The highest BCUT2D eigenvalue weighted by atomic mass is 79.9. The lowest BCUT2D eigenvalue weighted by Crippen LogP contribution is -2.34. The number of ether oxygens (including phenoxy) is 1. The van der Waals surface area contributed by atoms with E-state index in [1.54, 1.807) is 0 Å². The molecule has 7 nitrogen and oxygen atoms in total. The number of carbonyl (C=O) groups is 1. The van der Waals surface area contributed by atoms with Crippen LogP contribution in [0.15, 0.2) is 22.7 Å². The number of hydrogen-bond donors (Lipinski definition) is 2. The summed E-state index contributed by atoms with van der Waals surface area (Å²) in [6.07, 6.45) is -0.827. The van der Waals surface area contributed by atoms with Gasteiger partial charge in [-0.05, 0) is 22.0 Å². The van der Waals surface area contributed by atoms with Crippen LogP contribution in [0.5, 0.6) is 0 Å². The van der Waals surface area contributed by atoms with Gasteiger partial charge in [0.2, 0.25) is 0 Å². The molecule has 0 heterocycles. The number of aliphatic hydroxyl groups is 1. The third-order valence-electron chi connectivity index (χ3n) is 2.26. The van der Waals surface area contributed by atoms with E-state index in [0.29, 0.717) is 4.47 Å². The summed E-state index contributed by atoms with van der Waals surface area (Å²) in [5.74, 6) is -0.509. The SMILES string of the molecule is COCC(O)CNC(=O)c1cc([N+](=O)[O-])ccc1Br. The first-order valence-electron chi connectivity index (χ1n) is 5.35. The number of non-ortho nitro benzene ring substituents is 1. The number of methoxy groups -OCH3 is 1. The van der Waals surface area contributed by atoms with E-state index in [4.69, 9.17) is 4.74 Å². The van der Waals surface area contributed by atoms with Crippen LogP contribution in [-0.4, -0.2) is 42.3 Å². The van der Waals surface area contributed by atoms with Crippen LogP contribution in [0.4, 0.5) is 5.69 Å². The minimum absolute atomic E-state index is 0.00179. The van der Waals surface area contributed by atoms with Crippen LogP contribution in [0, 0.1) is 10.1 Å². The Morgan fingerprint density at radius 1 is 1.63 bits per heavy atom. The van der Waals surface area contributed by atoms with E-state index in [1.807, 2.05) is 0 Å². The average molecular weight is 333 g/mol. The van der Waals surface area contributed by atoms with Crippen molar-refractivity contribution < 1.29 is 19.6 Å². The maximum Gasteiger partial charge on any atom is 0.270 e. The molecular weight excluding hydrogens is 320 g/mol. The number of amides is 1. The molecule has 1 unspecified atom stereocenters. The van der Waals surface area contributed by atoms with E-state index in [-0.39, 0.29) is 24.4 Å². The third-order valence-corrected chi connectivity index (χ3v) is 2.95. The molecule has 8 heteroatoms. The van der Waals surface area contributed by atoms with E-state index in [0.717, 1.165) is 0 Å². The van der Waals surface area contributed by atoms with E-state index in [1.165, 1.54) is 25.3 Å². The summed E-state index contributed by atoms with van der Waals surface area (Å²) in [4.78, 5) is 21.9. The van der Waals surface area contributed by atoms with Gasteiger partial charge in [-0.25, -0.2) is 0 Å². The largest absolute Gasteiger partial charge is 0.389 e. The molecule has 0 aliphatic carbocycles. The summed E-state index contributed by atoms with van der Waals surface area (Å²) in [6.45, 7) is 0.0954. The Bertz CT molecular complexity index is 480. The van der Waals surface area contributed by atoms with Gasteiger partial charge in [-0.1, -0.05) is 0 Å². The first kappa shape index (κ1) is 15.5. The second-order valence-corrected chi connectivity index (χ2v) is 4.59. The lowest BCUT2D eigenvalue weighted by Gasteiger charge is -2.11. The molecule has 0 spiro atoms. The summed E-state index contributed by atoms with van der Waals surface area (Å²) in [7, 11) is 1.43. The van der Waals surface area contributed by atoms with Crippen molar-refractivity contribution in [1.29, 1.82) is 0 Å². The first-order chi connectivity index (χ1) is 8.95. The van der Waals surface area contributed by atoms with Crippen molar-refractivity contribution in [2.24, 2.45) is 0 Å². The predicted octanol–water partition coefficient (Wildman–Crippen LogP) is 1.09. The van der Waals surface area contributed by atoms with Crippen molar-refractivity contribution in [3.05, 3.63) is 38.3 Å². The number of aliphatic hydroxyl groups excluding tert-OH is 1. The van der Waals surface area contributed by atoms with Crippen molar-refractivity contribution in [1.82, 2.24) is 5.32 Å². The number of hydrogen-bond acceptors (Lipinski definition) is 5. The molecule has 2 N–H and O–H groups in total. The van der Waals surface area contributed by atoms with E-state index >= 15 is 0 Å². The van der Waals surface area contributed by atoms with Crippen molar-refractivity contribution in [2.75, 3.05) is 20.3 Å². The van der Waals surface area contributed by atoms with Gasteiger partial charge in [-0.3, -0.25) is 14.9 Å². The Labute approximate surface area is 117 Å². The van der Waals surface area contributed by atoms with Gasteiger partial charge in [0.05, 0.1) is 23.2 Å². The molecule has 0 radical (unpaired) electrons. The number of carbonyl (C=O) groups excluding carboxylic acids is 1. The maximum absolute atomic E-state index is 11.8. The van der Waals surface area contributed by atoms with E-state index in [2.05, 4.69) is 21.2 Å². The van der Waals surface area contributed by atoms with Crippen LogP contribution in [-0.2, 0) is 4.74 Å². The van der Waals surface area contributed by atoms with Gasteiger partial charge < -0.3 is 15.2 Å². The van der Waals surface area contributed by atoms with Crippen molar-refractivity contribution >= 4 is 27.5 Å². The number of benzene rings is 1. The molecule has 0 aromatic heterocycles. The molecule has 104 valence electrons. The monoisotopic (exact) mass is 332 g/mol. The zero-order valence-corrected chi connectivity index (χ0v) is 11.7. The van der Waals surface area contributed by atoms with Crippen LogP contribution < -0.4 is 5.32 Å². The highest BCUT2D eigenvalue weighted by Gasteiger charge is 2.16. The highest BCUT2D eigenvalue weighted by Crippen LogP contribution is 2.22. The second kappa shape index (κ2) is 7.17. The van der Waals surface area contributed by atoms with Gasteiger partial charge in [-0.2, -0.15) is 0 Å². The van der Waals surface area contributed by atoms with Gasteiger partial charge >= 0.3 is 0 Å². The molecule has 0 saturated carbocycles. The second-order valence-electron chi connectivity index (χ2n) is 3.74. The molecule has 1 rings (SSSR count). The lowest BCUT2D eigenvalue weighted by molar-refractivity contribution is -0.384. The predicted molar refractivity (Wildman–Crippen MR) is 71.0 cm³/mol. The zero-order chi connectivity index (χ0) is 14.4. The number of nitrogens with zero attached hydrogens (tertiary/aromatic N) is 1. The molecule has 19 heavy (non-hydrogen) atoms. The third kappa shape index (κ3) is 4.58. The van der Waals surface area contributed by atoms with Crippen LogP contribution >= 0.6 is 15.9 Å². The quantitative estimate of drug-likeness (QED) is 0.599. The normalized spacial score (nSPS) is 11.9. The topological polar surface area (TPSA) is 102 Å². The summed E-state index contributed by atoms with van der Waals surface area (Å²) in [5.41, 5.74) is -0.0374. The van der Waals surface area contributed by atoms with Gasteiger partial charge in [0.15, 0.2) is 0 Å². The molecule has 1 amide bonds. The molecule has 0 aliphatic rings. The van der Waals surface area contributed by atoms with Crippen molar-refractivity contribution in [2.45, 2.75) is 6.10 Å². The molecule has 1 atom stereocenters. The minimum atomic E-state index is -0.827. The molecule has 1 aromatic carbocycles. The smallest absolute Gasteiger partial charge is 0.270 e. The summed E-state index contributed by atoms with van der Waals surface area (Å²) < 4.78 is 5.16. The summed E-state index contributed by atoms with van der Waals surface area (Å²) in [6, 6.07) is 3.89. The molecule has 1 aromatic rings. The maximum atomic E-state index is 11.8.